The van der Waals surface area contributed by atoms with Crippen molar-refractivity contribution in [2.45, 2.75) is 6.42 Å². The number of H-pyrrole nitrogens is 1. The maximum absolute atomic E-state index is 13.9. The minimum Gasteiger partial charge on any atom is -0.338 e. The third-order valence-corrected chi connectivity index (χ3v) is 3.52. The molecule has 7 heteroatoms. The van der Waals surface area contributed by atoms with Crippen molar-refractivity contribution < 1.29 is 4.39 Å². The first-order valence-corrected chi connectivity index (χ1v) is 6.95. The van der Waals surface area contributed by atoms with Gasteiger partial charge in [0.2, 0.25) is 5.95 Å². The third-order valence-electron chi connectivity index (χ3n) is 3.28. The maximum Gasteiger partial charge on any atom is 0.245 e. The van der Waals surface area contributed by atoms with E-state index in [0.29, 0.717) is 22.4 Å². The number of anilines is 1. The summed E-state index contributed by atoms with van der Waals surface area (Å²) in [4.78, 5) is 6.48. The van der Waals surface area contributed by atoms with Crippen molar-refractivity contribution in [1.82, 2.24) is 20.5 Å². The third kappa shape index (κ3) is 2.76. The van der Waals surface area contributed by atoms with Gasteiger partial charge in [-0.2, -0.15) is 4.98 Å². The molecule has 0 amide bonds. The summed E-state index contributed by atoms with van der Waals surface area (Å²) in [5.74, 6) is 0.627. The lowest BCUT2D eigenvalue weighted by atomic mass is 10.2. The molecule has 0 bridgehead atoms. The second-order valence-corrected chi connectivity index (χ2v) is 5.14. The highest BCUT2D eigenvalue weighted by Gasteiger charge is 2.16. The standard InChI is InChI=1S/C13H15ClFN5/c14-9-2-3-10(11(15)8-9)12-17-13(19-18-12)20-6-1-4-16-5-7-20/h2-3,8,16H,1,4-7H2,(H,17,18,19). The first-order valence-electron chi connectivity index (χ1n) is 6.57. The SMILES string of the molecule is Fc1cc(Cl)ccc1-c1nc(N2CCCNCC2)n[nH]1. The molecule has 0 spiro atoms. The van der Waals surface area contributed by atoms with Crippen LogP contribution in [0.5, 0.6) is 0 Å². The molecule has 2 aromatic rings. The fourth-order valence-corrected chi connectivity index (χ4v) is 2.40. The molecular formula is C13H15ClFN5. The zero-order valence-electron chi connectivity index (χ0n) is 10.9. The molecule has 1 aromatic heterocycles. The van der Waals surface area contributed by atoms with Gasteiger partial charge in [-0.15, -0.1) is 5.10 Å². The average molecular weight is 296 g/mol. The monoisotopic (exact) mass is 295 g/mol. The number of aromatic amines is 1. The Bertz CT molecular complexity index is 592. The molecule has 20 heavy (non-hydrogen) atoms. The van der Waals surface area contributed by atoms with E-state index in [1.54, 1.807) is 12.1 Å². The molecular weight excluding hydrogens is 281 g/mol. The lowest BCUT2D eigenvalue weighted by Gasteiger charge is -2.16. The zero-order chi connectivity index (χ0) is 13.9. The highest BCUT2D eigenvalue weighted by atomic mass is 35.5. The molecule has 5 nitrogen and oxygen atoms in total. The molecule has 1 aliphatic rings. The van der Waals surface area contributed by atoms with Crippen LogP contribution in [0.3, 0.4) is 0 Å². The quantitative estimate of drug-likeness (QED) is 0.890. The van der Waals surface area contributed by atoms with Gasteiger partial charge in [0.25, 0.3) is 0 Å². The van der Waals surface area contributed by atoms with Gasteiger partial charge in [0.05, 0.1) is 5.56 Å². The summed E-state index contributed by atoms with van der Waals surface area (Å²) in [6, 6.07) is 4.51. The van der Waals surface area contributed by atoms with Crippen LogP contribution in [-0.4, -0.2) is 41.4 Å². The van der Waals surface area contributed by atoms with E-state index >= 15 is 0 Å². The van der Waals surface area contributed by atoms with Crippen molar-refractivity contribution in [1.29, 1.82) is 0 Å². The second-order valence-electron chi connectivity index (χ2n) is 4.70. The Morgan fingerprint density at radius 3 is 3.00 bits per heavy atom. The van der Waals surface area contributed by atoms with E-state index in [4.69, 9.17) is 11.6 Å². The van der Waals surface area contributed by atoms with Gasteiger partial charge in [-0.05, 0) is 31.2 Å². The van der Waals surface area contributed by atoms with E-state index in [-0.39, 0.29) is 0 Å². The Kier molecular flexibility index (Phi) is 3.84. The first-order chi connectivity index (χ1) is 9.74. The Morgan fingerprint density at radius 1 is 1.25 bits per heavy atom. The number of benzene rings is 1. The summed E-state index contributed by atoms with van der Waals surface area (Å²) in [6.07, 6.45) is 1.04. The van der Waals surface area contributed by atoms with Gasteiger partial charge in [-0.25, -0.2) is 4.39 Å². The van der Waals surface area contributed by atoms with Crippen LogP contribution >= 0.6 is 11.6 Å². The highest BCUT2D eigenvalue weighted by Crippen LogP contribution is 2.23. The molecule has 0 atom stereocenters. The van der Waals surface area contributed by atoms with Crippen molar-refractivity contribution in [3.05, 3.63) is 29.0 Å². The summed E-state index contributed by atoms with van der Waals surface area (Å²) in [5, 5.41) is 10.7. The summed E-state index contributed by atoms with van der Waals surface area (Å²) in [7, 11) is 0. The molecule has 106 valence electrons. The molecule has 0 unspecified atom stereocenters. The topological polar surface area (TPSA) is 56.8 Å². The van der Waals surface area contributed by atoms with Gasteiger partial charge in [-0.3, -0.25) is 5.10 Å². The van der Waals surface area contributed by atoms with Crippen LogP contribution in [0.2, 0.25) is 5.02 Å². The van der Waals surface area contributed by atoms with E-state index in [0.717, 1.165) is 32.6 Å². The van der Waals surface area contributed by atoms with Gasteiger partial charge in [0.1, 0.15) is 5.82 Å². The number of hydrogen-bond donors (Lipinski definition) is 2. The van der Waals surface area contributed by atoms with Crippen LogP contribution in [0.25, 0.3) is 11.4 Å². The normalized spacial score (nSPS) is 16.2. The van der Waals surface area contributed by atoms with Gasteiger partial charge >= 0.3 is 0 Å². The van der Waals surface area contributed by atoms with E-state index in [1.807, 2.05) is 0 Å². The summed E-state index contributed by atoms with van der Waals surface area (Å²) < 4.78 is 13.9. The van der Waals surface area contributed by atoms with Gasteiger partial charge < -0.3 is 10.2 Å². The van der Waals surface area contributed by atoms with Crippen LogP contribution < -0.4 is 10.2 Å². The van der Waals surface area contributed by atoms with Crippen molar-refractivity contribution >= 4 is 17.5 Å². The molecule has 1 aromatic carbocycles. The Hall–Kier alpha value is -1.66. The minimum absolute atomic E-state index is 0.365. The Labute approximate surface area is 121 Å². The molecule has 1 aliphatic heterocycles. The van der Waals surface area contributed by atoms with E-state index in [9.17, 15) is 4.39 Å². The number of hydrogen-bond acceptors (Lipinski definition) is 4. The average Bonchev–Trinajstić information content (AvgIpc) is 2.74. The van der Waals surface area contributed by atoms with Crippen molar-refractivity contribution in [2.75, 3.05) is 31.1 Å². The maximum atomic E-state index is 13.9. The van der Waals surface area contributed by atoms with Crippen LogP contribution in [0.4, 0.5) is 10.3 Å². The zero-order valence-corrected chi connectivity index (χ0v) is 11.6. The van der Waals surface area contributed by atoms with E-state index < -0.39 is 5.82 Å². The van der Waals surface area contributed by atoms with Gasteiger partial charge in [0, 0.05) is 24.7 Å². The molecule has 0 aliphatic carbocycles. The fourth-order valence-electron chi connectivity index (χ4n) is 2.24. The molecule has 1 saturated heterocycles. The predicted molar refractivity (Wildman–Crippen MR) is 76.5 cm³/mol. The fraction of sp³-hybridized carbons (Fsp3) is 0.385. The summed E-state index contributed by atoms with van der Waals surface area (Å²) in [6.45, 7) is 3.65. The predicted octanol–water partition coefficient (Wildman–Crippen LogP) is 2.06. The van der Waals surface area contributed by atoms with Crippen LogP contribution in [0.15, 0.2) is 18.2 Å². The van der Waals surface area contributed by atoms with E-state index in [1.165, 1.54) is 6.07 Å². The summed E-state index contributed by atoms with van der Waals surface area (Å²) in [5.41, 5.74) is 0.376. The van der Waals surface area contributed by atoms with Gasteiger partial charge in [-0.1, -0.05) is 11.6 Å². The summed E-state index contributed by atoms with van der Waals surface area (Å²) >= 11 is 5.75. The number of nitrogens with zero attached hydrogens (tertiary/aromatic N) is 3. The minimum atomic E-state index is -0.405. The molecule has 1 fully saturated rings. The van der Waals surface area contributed by atoms with Gasteiger partial charge in [0.15, 0.2) is 5.82 Å². The number of nitrogens with one attached hydrogen (secondary N) is 2. The number of rotatable bonds is 2. The molecule has 2 heterocycles. The second kappa shape index (κ2) is 5.76. The van der Waals surface area contributed by atoms with Crippen molar-refractivity contribution in [2.24, 2.45) is 0 Å². The molecule has 0 radical (unpaired) electrons. The largest absolute Gasteiger partial charge is 0.338 e. The van der Waals surface area contributed by atoms with Crippen LogP contribution in [-0.2, 0) is 0 Å². The number of halogens is 2. The Balaban J connectivity index is 1.85. The molecule has 2 N–H and O–H groups in total. The lowest BCUT2D eigenvalue weighted by Crippen LogP contribution is -2.28. The van der Waals surface area contributed by atoms with Crippen molar-refractivity contribution in [3.63, 3.8) is 0 Å². The van der Waals surface area contributed by atoms with Crippen LogP contribution in [0, 0.1) is 5.82 Å². The highest BCUT2D eigenvalue weighted by molar-refractivity contribution is 6.30. The van der Waals surface area contributed by atoms with Crippen molar-refractivity contribution in [3.8, 4) is 11.4 Å². The first kappa shape index (κ1) is 13.3. The number of aromatic nitrogens is 3. The molecule has 0 saturated carbocycles. The molecule has 3 rings (SSSR count). The van der Waals surface area contributed by atoms with E-state index in [2.05, 4.69) is 25.4 Å². The van der Waals surface area contributed by atoms with Crippen LogP contribution in [0.1, 0.15) is 6.42 Å². The lowest BCUT2D eigenvalue weighted by molar-refractivity contribution is 0.630. The Morgan fingerprint density at radius 2 is 2.15 bits per heavy atom. The smallest absolute Gasteiger partial charge is 0.245 e.